The normalized spacial score (nSPS) is 11.7. The van der Waals surface area contributed by atoms with Crippen LogP contribution < -0.4 is 0 Å². The molecule has 4 N–H and O–H groups in total. The molecule has 0 aliphatic heterocycles. The van der Waals surface area contributed by atoms with E-state index in [1.54, 1.807) is 48.5 Å². The minimum absolute atomic E-state index is 0.0107. The van der Waals surface area contributed by atoms with Crippen LogP contribution in [0, 0.1) is 0 Å². The van der Waals surface area contributed by atoms with Crippen LogP contribution in [-0.2, 0) is 5.41 Å². The third kappa shape index (κ3) is 3.30. The van der Waals surface area contributed by atoms with Gasteiger partial charge in [0.05, 0.1) is 5.41 Å². The quantitative estimate of drug-likeness (QED) is 0.200. The summed E-state index contributed by atoms with van der Waals surface area (Å²) in [6.45, 7) is 0. The molecule has 0 saturated heterocycles. The highest BCUT2D eigenvalue weighted by Gasteiger charge is 2.43. The van der Waals surface area contributed by atoms with Crippen molar-refractivity contribution in [3.63, 3.8) is 0 Å². The van der Waals surface area contributed by atoms with E-state index in [4.69, 9.17) is 0 Å². The predicted molar refractivity (Wildman–Crippen MR) is 146 cm³/mol. The standard InChI is InChI=1S/C33H24O4/c34-29-15-7-13-25-23(29)17-19-27(31(25)36)33(21-9-3-1-4-10-21,22-11-5-2-6-12-22)28-20-18-24-26(32(28)37)14-8-16-30(24)35/h1-20,34-37H. The van der Waals surface area contributed by atoms with Crippen molar-refractivity contribution in [1.82, 2.24) is 0 Å². The lowest BCUT2D eigenvalue weighted by Crippen LogP contribution is -2.31. The predicted octanol–water partition coefficient (Wildman–Crippen LogP) is 7.20. The van der Waals surface area contributed by atoms with Crippen molar-refractivity contribution in [2.45, 2.75) is 5.41 Å². The molecule has 0 heterocycles. The lowest BCUT2D eigenvalue weighted by molar-refractivity contribution is 0.452. The molecule has 37 heavy (non-hydrogen) atoms. The fourth-order valence-corrected chi connectivity index (χ4v) is 5.57. The Kier molecular flexibility index (Phi) is 5.24. The number of fused-ring (bicyclic) bond motifs is 2. The molecule has 0 fully saturated rings. The summed E-state index contributed by atoms with van der Waals surface area (Å²) < 4.78 is 0. The summed E-state index contributed by atoms with van der Waals surface area (Å²) in [5.74, 6) is 0.176. The zero-order valence-corrected chi connectivity index (χ0v) is 19.8. The Morgan fingerprint density at radius 1 is 0.351 bits per heavy atom. The number of benzene rings is 6. The highest BCUT2D eigenvalue weighted by molar-refractivity contribution is 5.97. The van der Waals surface area contributed by atoms with E-state index < -0.39 is 5.41 Å². The van der Waals surface area contributed by atoms with Crippen LogP contribution in [0.4, 0.5) is 0 Å². The summed E-state index contributed by atoms with van der Waals surface area (Å²) in [6, 6.07) is 36.8. The Hall–Kier alpha value is -4.96. The van der Waals surface area contributed by atoms with Crippen molar-refractivity contribution < 1.29 is 20.4 Å². The summed E-state index contributed by atoms with van der Waals surface area (Å²) in [7, 11) is 0. The maximum atomic E-state index is 11.8. The van der Waals surface area contributed by atoms with E-state index in [0.717, 1.165) is 11.1 Å². The molecule has 0 unspecified atom stereocenters. The summed E-state index contributed by atoms with van der Waals surface area (Å²) in [6.07, 6.45) is 0. The lowest BCUT2D eigenvalue weighted by atomic mass is 9.64. The number of phenols is 4. The van der Waals surface area contributed by atoms with Gasteiger partial charge in [0.25, 0.3) is 0 Å². The van der Waals surface area contributed by atoms with Gasteiger partial charge >= 0.3 is 0 Å². The molecule has 6 rings (SSSR count). The summed E-state index contributed by atoms with van der Waals surface area (Å²) in [5.41, 5.74) is 1.66. The lowest BCUT2D eigenvalue weighted by Gasteiger charge is -2.38. The zero-order valence-electron chi connectivity index (χ0n) is 19.8. The van der Waals surface area contributed by atoms with Crippen LogP contribution >= 0.6 is 0 Å². The Bertz CT molecular complexity index is 1630. The molecule has 0 aliphatic carbocycles. The van der Waals surface area contributed by atoms with Gasteiger partial charge in [0.1, 0.15) is 23.0 Å². The Labute approximate surface area is 214 Å². The van der Waals surface area contributed by atoms with Gasteiger partial charge in [-0.25, -0.2) is 0 Å². The molecule has 0 atom stereocenters. The highest BCUT2D eigenvalue weighted by atomic mass is 16.3. The summed E-state index contributed by atoms with van der Waals surface area (Å²) in [5, 5.41) is 46.6. The molecule has 6 aromatic rings. The van der Waals surface area contributed by atoms with Crippen molar-refractivity contribution >= 4 is 21.5 Å². The molecule has 0 aliphatic rings. The van der Waals surface area contributed by atoms with Gasteiger partial charge in [0.2, 0.25) is 0 Å². The molecule has 4 heteroatoms. The molecular formula is C33H24O4. The van der Waals surface area contributed by atoms with E-state index in [2.05, 4.69) is 0 Å². The van der Waals surface area contributed by atoms with Gasteiger partial charge in [-0.05, 0) is 23.3 Å². The largest absolute Gasteiger partial charge is 0.507 e. The van der Waals surface area contributed by atoms with E-state index in [9.17, 15) is 20.4 Å². The van der Waals surface area contributed by atoms with Crippen molar-refractivity contribution in [1.29, 1.82) is 0 Å². The fraction of sp³-hybridized carbons (Fsp3) is 0.0303. The molecular weight excluding hydrogens is 460 g/mol. The molecule has 6 aromatic carbocycles. The second kappa shape index (κ2) is 8.61. The highest BCUT2D eigenvalue weighted by Crippen LogP contribution is 2.53. The molecule has 0 saturated carbocycles. The summed E-state index contributed by atoms with van der Waals surface area (Å²) in [4.78, 5) is 0. The van der Waals surface area contributed by atoms with Gasteiger partial charge in [-0.15, -0.1) is 0 Å². The monoisotopic (exact) mass is 484 g/mol. The average molecular weight is 485 g/mol. The minimum Gasteiger partial charge on any atom is -0.507 e. The van der Waals surface area contributed by atoms with Gasteiger partial charge in [-0.2, -0.15) is 0 Å². The molecule has 0 radical (unpaired) electrons. The molecule has 0 spiro atoms. The van der Waals surface area contributed by atoms with Crippen molar-refractivity contribution in [2.24, 2.45) is 0 Å². The van der Waals surface area contributed by atoms with Crippen LogP contribution in [0.5, 0.6) is 23.0 Å². The number of hydrogen-bond donors (Lipinski definition) is 4. The van der Waals surface area contributed by atoms with E-state index in [1.807, 2.05) is 72.8 Å². The van der Waals surface area contributed by atoms with Crippen LogP contribution in [0.1, 0.15) is 22.3 Å². The number of phenolic OH excluding ortho intramolecular Hbond substituents is 4. The van der Waals surface area contributed by atoms with Gasteiger partial charge in [-0.1, -0.05) is 109 Å². The van der Waals surface area contributed by atoms with Crippen molar-refractivity contribution in [2.75, 3.05) is 0 Å². The van der Waals surface area contributed by atoms with Gasteiger partial charge < -0.3 is 20.4 Å². The van der Waals surface area contributed by atoms with Crippen LogP contribution in [0.3, 0.4) is 0 Å². The number of rotatable bonds is 4. The van der Waals surface area contributed by atoms with Crippen molar-refractivity contribution in [3.05, 3.63) is 144 Å². The van der Waals surface area contributed by atoms with Crippen LogP contribution in [-0.4, -0.2) is 20.4 Å². The van der Waals surface area contributed by atoms with Gasteiger partial charge in [0.15, 0.2) is 0 Å². The van der Waals surface area contributed by atoms with E-state index in [0.29, 0.717) is 32.7 Å². The Balaban J connectivity index is 1.83. The van der Waals surface area contributed by atoms with E-state index >= 15 is 0 Å². The van der Waals surface area contributed by atoms with Crippen LogP contribution in [0.25, 0.3) is 21.5 Å². The number of aromatic hydroxyl groups is 4. The molecule has 0 amide bonds. The average Bonchev–Trinajstić information content (AvgIpc) is 2.93. The molecule has 180 valence electrons. The second-order valence-corrected chi connectivity index (χ2v) is 9.15. The summed E-state index contributed by atoms with van der Waals surface area (Å²) >= 11 is 0. The first-order valence-electron chi connectivity index (χ1n) is 12.0. The number of hydrogen-bond acceptors (Lipinski definition) is 4. The SMILES string of the molecule is Oc1cccc2c(O)c(C(c3ccccc3)(c3ccccc3)c3ccc4c(O)cccc4c3O)ccc12. The van der Waals surface area contributed by atoms with Crippen LogP contribution in [0.15, 0.2) is 121 Å². The maximum absolute atomic E-state index is 11.8. The molecule has 0 aromatic heterocycles. The topological polar surface area (TPSA) is 80.9 Å². The van der Waals surface area contributed by atoms with Crippen molar-refractivity contribution in [3.8, 4) is 23.0 Å². The molecule has 0 bridgehead atoms. The maximum Gasteiger partial charge on any atom is 0.128 e. The van der Waals surface area contributed by atoms with Gasteiger partial charge in [0, 0.05) is 32.7 Å². The third-order valence-electron chi connectivity index (χ3n) is 7.24. The van der Waals surface area contributed by atoms with E-state index in [1.165, 1.54) is 0 Å². The Morgan fingerprint density at radius 3 is 1.16 bits per heavy atom. The zero-order chi connectivity index (χ0) is 25.6. The first-order valence-corrected chi connectivity index (χ1v) is 12.0. The first-order chi connectivity index (χ1) is 18.0. The van der Waals surface area contributed by atoms with E-state index in [-0.39, 0.29) is 23.0 Å². The third-order valence-corrected chi connectivity index (χ3v) is 7.24. The molecule has 4 nitrogen and oxygen atoms in total. The fourth-order valence-electron chi connectivity index (χ4n) is 5.57. The Morgan fingerprint density at radius 2 is 0.757 bits per heavy atom. The van der Waals surface area contributed by atoms with Crippen LogP contribution in [0.2, 0.25) is 0 Å². The second-order valence-electron chi connectivity index (χ2n) is 9.15. The first kappa shape index (κ1) is 22.5. The smallest absolute Gasteiger partial charge is 0.128 e. The van der Waals surface area contributed by atoms with Gasteiger partial charge in [-0.3, -0.25) is 0 Å². The minimum atomic E-state index is -1.13.